The maximum Gasteiger partial charge on any atom is 0.0953 e. The summed E-state index contributed by atoms with van der Waals surface area (Å²) in [4.78, 5) is 4.77. The molecule has 0 aliphatic heterocycles. The number of pyridine rings is 1. The minimum Gasteiger partial charge on any atom is -0.307 e. The summed E-state index contributed by atoms with van der Waals surface area (Å²) in [6.07, 6.45) is 1.94. The molecule has 20 heavy (non-hydrogen) atoms. The Labute approximate surface area is 126 Å². The number of para-hydroxylation sites is 1. The van der Waals surface area contributed by atoms with E-state index in [2.05, 4.69) is 38.5 Å². The van der Waals surface area contributed by atoms with E-state index >= 15 is 0 Å². The number of hydrogen-bond acceptors (Lipinski definition) is 3. The van der Waals surface area contributed by atoms with Gasteiger partial charge >= 0.3 is 0 Å². The molecule has 0 saturated heterocycles. The third-order valence-corrected chi connectivity index (χ3v) is 3.93. The number of fused-ring (bicyclic) bond motifs is 1. The van der Waals surface area contributed by atoms with Crippen LogP contribution in [0.2, 0.25) is 0 Å². The van der Waals surface area contributed by atoms with Crippen LogP contribution < -0.4 is 5.32 Å². The third-order valence-electron chi connectivity index (χ3n) is 3.30. The van der Waals surface area contributed by atoms with Crippen LogP contribution >= 0.6 is 15.9 Å². The fourth-order valence-corrected chi connectivity index (χ4v) is 2.88. The lowest BCUT2D eigenvalue weighted by atomic mass is 10.1. The Kier molecular flexibility index (Phi) is 3.54. The Bertz CT molecular complexity index is 750. The molecule has 102 valence electrons. The molecule has 0 aliphatic rings. The molecule has 0 amide bonds. The molecule has 2 aromatic heterocycles. The van der Waals surface area contributed by atoms with Crippen LogP contribution in [0.5, 0.6) is 0 Å². The first-order valence-corrected chi connectivity index (χ1v) is 7.20. The summed E-state index contributed by atoms with van der Waals surface area (Å²) in [6, 6.07) is 12.2. The zero-order chi connectivity index (χ0) is 14.1. The summed E-state index contributed by atoms with van der Waals surface area (Å²) in [7, 11) is 3.84. The monoisotopic (exact) mass is 330 g/mol. The Morgan fingerprint density at radius 1 is 1.25 bits per heavy atom. The molecule has 1 N–H and O–H groups in total. The number of aromatic nitrogens is 3. The van der Waals surface area contributed by atoms with Crippen LogP contribution in [0.1, 0.15) is 17.4 Å². The normalized spacial score (nSPS) is 12.8. The smallest absolute Gasteiger partial charge is 0.0953 e. The summed E-state index contributed by atoms with van der Waals surface area (Å²) in [5.74, 6) is 0. The van der Waals surface area contributed by atoms with Gasteiger partial charge in [-0.3, -0.25) is 4.68 Å². The number of halogens is 1. The van der Waals surface area contributed by atoms with Crippen LogP contribution in [-0.2, 0) is 7.05 Å². The van der Waals surface area contributed by atoms with E-state index in [1.165, 1.54) is 0 Å². The Balaban J connectivity index is 2.14. The molecular weight excluding hydrogens is 316 g/mol. The van der Waals surface area contributed by atoms with Crippen molar-refractivity contribution in [3.8, 4) is 0 Å². The lowest BCUT2D eigenvalue weighted by Crippen LogP contribution is -2.20. The molecule has 0 bridgehead atoms. The molecule has 3 rings (SSSR count). The van der Waals surface area contributed by atoms with Crippen molar-refractivity contribution in [1.82, 2.24) is 20.1 Å². The molecule has 2 heterocycles. The summed E-state index contributed by atoms with van der Waals surface area (Å²) >= 11 is 3.63. The van der Waals surface area contributed by atoms with Crippen molar-refractivity contribution in [3.05, 3.63) is 58.5 Å². The Morgan fingerprint density at radius 2 is 2.05 bits per heavy atom. The Hall–Kier alpha value is -1.72. The van der Waals surface area contributed by atoms with Crippen LogP contribution in [0.25, 0.3) is 10.9 Å². The maximum absolute atomic E-state index is 4.77. The number of nitrogens with zero attached hydrogens (tertiary/aromatic N) is 3. The van der Waals surface area contributed by atoms with Crippen LogP contribution in [0, 0.1) is 0 Å². The molecule has 0 aliphatic carbocycles. The molecule has 1 atom stereocenters. The van der Waals surface area contributed by atoms with E-state index in [1.807, 2.05) is 44.6 Å². The van der Waals surface area contributed by atoms with E-state index in [4.69, 9.17) is 4.98 Å². The fraction of sp³-hybridized carbons (Fsp3) is 0.200. The zero-order valence-corrected chi connectivity index (χ0v) is 12.9. The van der Waals surface area contributed by atoms with E-state index in [0.29, 0.717) is 0 Å². The maximum atomic E-state index is 4.77. The molecule has 0 spiro atoms. The average Bonchev–Trinajstić information content (AvgIpc) is 2.86. The summed E-state index contributed by atoms with van der Waals surface area (Å²) in [6.45, 7) is 0. The van der Waals surface area contributed by atoms with Gasteiger partial charge < -0.3 is 5.32 Å². The highest BCUT2D eigenvalue weighted by Crippen LogP contribution is 2.28. The van der Waals surface area contributed by atoms with E-state index in [0.717, 1.165) is 26.8 Å². The van der Waals surface area contributed by atoms with Crippen molar-refractivity contribution < 1.29 is 0 Å². The highest BCUT2D eigenvalue weighted by molar-refractivity contribution is 9.10. The minimum atomic E-state index is -0.0322. The van der Waals surface area contributed by atoms with Gasteiger partial charge in [0.25, 0.3) is 0 Å². The van der Waals surface area contributed by atoms with Crippen molar-refractivity contribution in [3.63, 3.8) is 0 Å². The summed E-state index contributed by atoms with van der Waals surface area (Å²) in [5, 5.41) is 8.88. The van der Waals surface area contributed by atoms with Gasteiger partial charge in [-0.15, -0.1) is 0 Å². The van der Waals surface area contributed by atoms with Gasteiger partial charge in [-0.25, -0.2) is 4.98 Å². The van der Waals surface area contributed by atoms with Crippen LogP contribution in [-0.4, -0.2) is 21.8 Å². The highest BCUT2D eigenvalue weighted by atomic mass is 79.9. The van der Waals surface area contributed by atoms with Gasteiger partial charge in [-0.1, -0.05) is 18.2 Å². The topological polar surface area (TPSA) is 42.7 Å². The second-order valence-corrected chi connectivity index (χ2v) is 5.54. The minimum absolute atomic E-state index is 0.0322. The highest BCUT2D eigenvalue weighted by Gasteiger charge is 2.19. The quantitative estimate of drug-likeness (QED) is 0.802. The van der Waals surface area contributed by atoms with Gasteiger partial charge in [0.15, 0.2) is 0 Å². The van der Waals surface area contributed by atoms with E-state index in [1.54, 1.807) is 4.68 Å². The molecule has 1 unspecified atom stereocenters. The number of benzene rings is 1. The van der Waals surface area contributed by atoms with Crippen LogP contribution in [0.4, 0.5) is 0 Å². The fourth-order valence-electron chi connectivity index (χ4n) is 2.32. The molecule has 4 nitrogen and oxygen atoms in total. The van der Waals surface area contributed by atoms with Gasteiger partial charge in [0.1, 0.15) is 0 Å². The second-order valence-electron chi connectivity index (χ2n) is 4.68. The largest absolute Gasteiger partial charge is 0.307 e. The number of hydrogen-bond donors (Lipinski definition) is 1. The van der Waals surface area contributed by atoms with Crippen LogP contribution in [0.15, 0.2) is 47.1 Å². The lowest BCUT2D eigenvalue weighted by molar-refractivity contribution is 0.627. The van der Waals surface area contributed by atoms with Crippen molar-refractivity contribution >= 4 is 26.8 Å². The summed E-state index contributed by atoms with van der Waals surface area (Å²) in [5.41, 5.74) is 2.89. The van der Waals surface area contributed by atoms with E-state index < -0.39 is 0 Å². The number of rotatable bonds is 3. The third kappa shape index (κ3) is 2.34. The molecular formula is C15H15BrN4. The van der Waals surface area contributed by atoms with Crippen molar-refractivity contribution in [2.45, 2.75) is 6.04 Å². The number of aryl methyl sites for hydroxylation is 1. The van der Waals surface area contributed by atoms with Gasteiger partial charge in [-0.05, 0) is 41.2 Å². The summed E-state index contributed by atoms with van der Waals surface area (Å²) < 4.78 is 2.79. The predicted octanol–water partition coefficient (Wildman–Crippen LogP) is 3.04. The van der Waals surface area contributed by atoms with Gasteiger partial charge in [0, 0.05) is 23.1 Å². The van der Waals surface area contributed by atoms with Crippen molar-refractivity contribution in [2.24, 2.45) is 7.05 Å². The van der Waals surface area contributed by atoms with Crippen molar-refractivity contribution in [2.75, 3.05) is 7.05 Å². The molecule has 0 radical (unpaired) electrons. The Morgan fingerprint density at radius 3 is 2.75 bits per heavy atom. The van der Waals surface area contributed by atoms with Crippen molar-refractivity contribution in [1.29, 1.82) is 0 Å². The first-order valence-electron chi connectivity index (χ1n) is 6.41. The van der Waals surface area contributed by atoms with E-state index in [-0.39, 0.29) is 6.04 Å². The molecule has 1 aromatic carbocycles. The zero-order valence-electron chi connectivity index (χ0n) is 11.3. The molecule has 3 aromatic rings. The molecule has 0 saturated carbocycles. The van der Waals surface area contributed by atoms with Crippen LogP contribution in [0.3, 0.4) is 0 Å². The standard InChI is InChI=1S/C15H15BrN4/c1-17-15(13-7-8-20(2)19-13)14-11(16)9-10-5-3-4-6-12(10)18-14/h3-9,15,17H,1-2H3. The second kappa shape index (κ2) is 5.34. The first-order chi connectivity index (χ1) is 9.69. The molecule has 5 heteroatoms. The van der Waals surface area contributed by atoms with Gasteiger partial charge in [-0.2, -0.15) is 5.10 Å². The van der Waals surface area contributed by atoms with Gasteiger partial charge in [0.2, 0.25) is 0 Å². The number of nitrogens with one attached hydrogen (secondary N) is 1. The molecule has 0 fully saturated rings. The first kappa shape index (κ1) is 13.3. The van der Waals surface area contributed by atoms with Gasteiger partial charge in [0.05, 0.1) is 22.9 Å². The SMILES string of the molecule is CNC(c1ccn(C)n1)c1nc2ccccc2cc1Br. The lowest BCUT2D eigenvalue weighted by Gasteiger charge is -2.15. The van der Waals surface area contributed by atoms with E-state index in [9.17, 15) is 0 Å². The average molecular weight is 331 g/mol. The predicted molar refractivity (Wildman–Crippen MR) is 83.6 cm³/mol.